The third-order valence-corrected chi connectivity index (χ3v) is 2.07. The number of ether oxygens (including phenoxy) is 1. The minimum atomic E-state index is -0.453. The molecule has 0 saturated heterocycles. The van der Waals surface area contributed by atoms with Crippen molar-refractivity contribution in [3.63, 3.8) is 0 Å². The average Bonchev–Trinajstić information content (AvgIpc) is 2.20. The smallest absolute Gasteiger partial charge is 0.340 e. The summed E-state index contributed by atoms with van der Waals surface area (Å²) >= 11 is 0. The normalized spacial score (nSPS) is 9.88. The van der Waals surface area contributed by atoms with E-state index in [1.165, 1.54) is 6.92 Å². The molecule has 0 aromatic heterocycles. The van der Waals surface area contributed by atoms with Gasteiger partial charge in [0.25, 0.3) is 0 Å². The first-order chi connectivity index (χ1) is 7.54. The Labute approximate surface area is 94.4 Å². The number of carbonyl (C=O) groups excluding carboxylic acids is 2. The van der Waals surface area contributed by atoms with Crippen molar-refractivity contribution in [2.45, 2.75) is 20.3 Å². The molecule has 0 aliphatic rings. The molecule has 0 atom stereocenters. The molecule has 16 heavy (non-hydrogen) atoms. The number of benzene rings is 1. The van der Waals surface area contributed by atoms with E-state index in [0.29, 0.717) is 24.3 Å². The van der Waals surface area contributed by atoms with E-state index in [0.717, 1.165) is 5.56 Å². The minimum absolute atomic E-state index is 0.0413. The van der Waals surface area contributed by atoms with Crippen molar-refractivity contribution in [1.82, 2.24) is 0 Å². The summed E-state index contributed by atoms with van der Waals surface area (Å²) in [5.74, 6) is -0.412. The molecule has 2 N–H and O–H groups in total. The topological polar surface area (TPSA) is 69.4 Å². The van der Waals surface area contributed by atoms with Gasteiger partial charge in [-0.3, -0.25) is 4.79 Å². The third-order valence-electron chi connectivity index (χ3n) is 2.07. The Morgan fingerprint density at radius 3 is 2.62 bits per heavy atom. The van der Waals surface area contributed by atoms with Gasteiger partial charge in [0.1, 0.15) is 5.78 Å². The zero-order chi connectivity index (χ0) is 12.1. The second-order valence-electron chi connectivity index (χ2n) is 3.52. The summed E-state index contributed by atoms with van der Waals surface area (Å²) in [5, 5.41) is 0. The zero-order valence-corrected chi connectivity index (χ0v) is 9.45. The molecule has 86 valence electrons. The maximum atomic E-state index is 11.5. The first-order valence-corrected chi connectivity index (χ1v) is 5.09. The summed E-state index contributed by atoms with van der Waals surface area (Å²) in [6.07, 6.45) is 0.298. The van der Waals surface area contributed by atoms with E-state index in [9.17, 15) is 9.59 Å². The number of ketones is 1. The first-order valence-electron chi connectivity index (χ1n) is 5.09. The van der Waals surface area contributed by atoms with Gasteiger partial charge in [0.05, 0.1) is 12.2 Å². The zero-order valence-electron chi connectivity index (χ0n) is 9.45. The summed E-state index contributed by atoms with van der Waals surface area (Å²) in [6.45, 7) is 3.53. The second kappa shape index (κ2) is 5.30. The van der Waals surface area contributed by atoms with Crippen LogP contribution < -0.4 is 5.73 Å². The maximum Gasteiger partial charge on any atom is 0.340 e. The van der Waals surface area contributed by atoms with Crippen LogP contribution in [0.4, 0.5) is 5.69 Å². The fraction of sp³-hybridized carbons (Fsp3) is 0.333. The van der Waals surface area contributed by atoms with E-state index in [1.54, 1.807) is 25.1 Å². The van der Waals surface area contributed by atoms with E-state index >= 15 is 0 Å². The van der Waals surface area contributed by atoms with Crippen LogP contribution in [0.15, 0.2) is 18.2 Å². The molecule has 0 heterocycles. The summed E-state index contributed by atoms with van der Waals surface area (Å²) in [5.41, 5.74) is 7.12. The summed E-state index contributed by atoms with van der Waals surface area (Å²) in [7, 11) is 0. The van der Waals surface area contributed by atoms with E-state index < -0.39 is 5.97 Å². The average molecular weight is 221 g/mol. The monoisotopic (exact) mass is 221 g/mol. The van der Waals surface area contributed by atoms with Gasteiger partial charge >= 0.3 is 5.97 Å². The van der Waals surface area contributed by atoms with Gasteiger partial charge in [-0.15, -0.1) is 0 Å². The highest BCUT2D eigenvalue weighted by Gasteiger charge is 2.11. The molecular formula is C12H15NO3. The summed E-state index contributed by atoms with van der Waals surface area (Å²) in [4.78, 5) is 22.5. The SMILES string of the molecule is CCOC(=O)c1cc(CC(C)=O)ccc1N. The number of hydrogen-bond donors (Lipinski definition) is 1. The number of anilines is 1. The quantitative estimate of drug-likeness (QED) is 0.619. The lowest BCUT2D eigenvalue weighted by molar-refractivity contribution is -0.116. The van der Waals surface area contributed by atoms with E-state index in [1.807, 2.05) is 0 Å². The van der Waals surface area contributed by atoms with Crippen molar-refractivity contribution >= 4 is 17.4 Å². The molecule has 1 aromatic carbocycles. The maximum absolute atomic E-state index is 11.5. The molecule has 0 amide bonds. The molecule has 0 aliphatic heterocycles. The second-order valence-corrected chi connectivity index (χ2v) is 3.52. The molecule has 0 saturated carbocycles. The number of nitrogens with two attached hydrogens (primary N) is 1. The number of esters is 1. The van der Waals surface area contributed by atoms with Crippen LogP contribution in [-0.2, 0) is 16.0 Å². The molecule has 0 bridgehead atoms. The van der Waals surface area contributed by atoms with Crippen LogP contribution in [-0.4, -0.2) is 18.4 Å². The molecule has 4 heteroatoms. The molecule has 0 unspecified atom stereocenters. The molecule has 0 fully saturated rings. The van der Waals surface area contributed by atoms with Crippen LogP contribution in [0.5, 0.6) is 0 Å². The predicted molar refractivity (Wildman–Crippen MR) is 61.2 cm³/mol. The lowest BCUT2D eigenvalue weighted by atomic mass is 10.0. The van der Waals surface area contributed by atoms with Crippen molar-refractivity contribution in [1.29, 1.82) is 0 Å². The Morgan fingerprint density at radius 1 is 1.38 bits per heavy atom. The van der Waals surface area contributed by atoms with Gasteiger partial charge in [-0.2, -0.15) is 0 Å². The lowest BCUT2D eigenvalue weighted by Gasteiger charge is -2.07. The molecule has 0 aliphatic carbocycles. The first kappa shape index (κ1) is 12.2. The van der Waals surface area contributed by atoms with Crippen molar-refractivity contribution in [2.75, 3.05) is 12.3 Å². The molecule has 1 aromatic rings. The highest BCUT2D eigenvalue weighted by molar-refractivity contribution is 5.95. The van der Waals surface area contributed by atoms with Crippen molar-refractivity contribution in [3.05, 3.63) is 29.3 Å². The van der Waals surface area contributed by atoms with Crippen LogP contribution >= 0.6 is 0 Å². The summed E-state index contributed by atoms with van der Waals surface area (Å²) in [6, 6.07) is 4.96. The van der Waals surface area contributed by atoms with E-state index in [4.69, 9.17) is 10.5 Å². The number of carbonyl (C=O) groups is 2. The third kappa shape index (κ3) is 3.08. The number of Topliss-reactive ketones (excluding diaryl/α,β-unsaturated/α-hetero) is 1. The Morgan fingerprint density at radius 2 is 2.06 bits per heavy atom. The molecular weight excluding hydrogens is 206 g/mol. The minimum Gasteiger partial charge on any atom is -0.462 e. The largest absolute Gasteiger partial charge is 0.462 e. The van der Waals surface area contributed by atoms with Crippen molar-refractivity contribution in [3.8, 4) is 0 Å². The standard InChI is InChI=1S/C12H15NO3/c1-3-16-12(15)10-7-9(6-8(2)14)4-5-11(10)13/h4-5,7H,3,6,13H2,1-2H3. The van der Waals surface area contributed by atoms with Crippen LogP contribution in [0.3, 0.4) is 0 Å². The molecule has 4 nitrogen and oxygen atoms in total. The van der Waals surface area contributed by atoms with Gasteiger partial charge in [0, 0.05) is 12.1 Å². The number of hydrogen-bond acceptors (Lipinski definition) is 4. The Kier molecular flexibility index (Phi) is 4.05. The Hall–Kier alpha value is -1.84. The van der Waals surface area contributed by atoms with Crippen molar-refractivity contribution < 1.29 is 14.3 Å². The van der Waals surface area contributed by atoms with Gasteiger partial charge in [-0.05, 0) is 31.5 Å². The van der Waals surface area contributed by atoms with Crippen LogP contribution in [0, 0.1) is 0 Å². The van der Waals surface area contributed by atoms with Gasteiger partial charge in [-0.25, -0.2) is 4.79 Å². The lowest BCUT2D eigenvalue weighted by Crippen LogP contribution is -2.09. The van der Waals surface area contributed by atoms with Gasteiger partial charge in [0.2, 0.25) is 0 Å². The highest BCUT2D eigenvalue weighted by atomic mass is 16.5. The Bertz CT molecular complexity index is 413. The van der Waals surface area contributed by atoms with Gasteiger partial charge in [0.15, 0.2) is 0 Å². The van der Waals surface area contributed by atoms with Crippen molar-refractivity contribution in [2.24, 2.45) is 0 Å². The van der Waals surface area contributed by atoms with Crippen LogP contribution in [0.1, 0.15) is 29.8 Å². The van der Waals surface area contributed by atoms with E-state index in [-0.39, 0.29) is 5.78 Å². The summed E-state index contributed by atoms with van der Waals surface area (Å²) < 4.78 is 4.86. The Balaban J connectivity index is 2.98. The predicted octanol–water partition coefficient (Wildman–Crippen LogP) is 1.58. The molecule has 0 spiro atoms. The highest BCUT2D eigenvalue weighted by Crippen LogP contribution is 2.16. The van der Waals surface area contributed by atoms with Gasteiger partial charge in [-0.1, -0.05) is 6.07 Å². The number of nitrogen functional groups attached to an aromatic ring is 1. The molecule has 1 rings (SSSR count). The van der Waals surface area contributed by atoms with Crippen LogP contribution in [0.2, 0.25) is 0 Å². The molecule has 0 radical (unpaired) electrons. The van der Waals surface area contributed by atoms with Crippen LogP contribution in [0.25, 0.3) is 0 Å². The van der Waals surface area contributed by atoms with Gasteiger partial charge < -0.3 is 10.5 Å². The fourth-order valence-electron chi connectivity index (χ4n) is 1.39. The fourth-order valence-corrected chi connectivity index (χ4v) is 1.39. The van der Waals surface area contributed by atoms with E-state index in [2.05, 4.69) is 0 Å². The number of rotatable bonds is 4.